The SMILES string of the molecule is CN1Cc2ccc(N3CC(F)C3)nc2C1. The smallest absolute Gasteiger partial charge is 0.135 e. The molecule has 3 heterocycles. The molecule has 0 radical (unpaired) electrons. The van der Waals surface area contributed by atoms with E-state index >= 15 is 0 Å². The topological polar surface area (TPSA) is 19.4 Å². The maximum Gasteiger partial charge on any atom is 0.135 e. The van der Waals surface area contributed by atoms with Crippen molar-refractivity contribution < 1.29 is 4.39 Å². The number of fused-ring (bicyclic) bond motifs is 1. The van der Waals surface area contributed by atoms with E-state index in [-0.39, 0.29) is 0 Å². The van der Waals surface area contributed by atoms with Crippen LogP contribution in [0.3, 0.4) is 0 Å². The molecule has 0 bridgehead atoms. The van der Waals surface area contributed by atoms with Crippen molar-refractivity contribution in [3.05, 3.63) is 23.4 Å². The minimum atomic E-state index is -0.664. The van der Waals surface area contributed by atoms with Gasteiger partial charge in [0.15, 0.2) is 0 Å². The molecule has 0 unspecified atom stereocenters. The van der Waals surface area contributed by atoms with Crippen LogP contribution in [-0.4, -0.2) is 36.2 Å². The summed E-state index contributed by atoms with van der Waals surface area (Å²) >= 11 is 0. The number of nitrogens with zero attached hydrogens (tertiary/aromatic N) is 3. The van der Waals surface area contributed by atoms with Crippen LogP contribution in [-0.2, 0) is 13.1 Å². The lowest BCUT2D eigenvalue weighted by atomic mass is 10.1. The lowest BCUT2D eigenvalue weighted by molar-refractivity contribution is 0.273. The van der Waals surface area contributed by atoms with Crippen LogP contribution in [0.25, 0.3) is 0 Å². The summed E-state index contributed by atoms with van der Waals surface area (Å²) in [6.45, 7) is 2.90. The van der Waals surface area contributed by atoms with Gasteiger partial charge in [-0.3, -0.25) is 4.90 Å². The van der Waals surface area contributed by atoms with Crippen molar-refractivity contribution in [2.75, 3.05) is 25.0 Å². The summed E-state index contributed by atoms with van der Waals surface area (Å²) in [7, 11) is 2.09. The summed E-state index contributed by atoms with van der Waals surface area (Å²) < 4.78 is 12.7. The van der Waals surface area contributed by atoms with E-state index < -0.39 is 6.17 Å². The molecule has 1 aromatic heterocycles. The van der Waals surface area contributed by atoms with E-state index in [0.717, 1.165) is 24.6 Å². The monoisotopic (exact) mass is 207 g/mol. The second kappa shape index (κ2) is 3.17. The second-order valence-corrected chi connectivity index (χ2v) is 4.45. The molecule has 2 aliphatic rings. The molecule has 3 rings (SSSR count). The summed E-state index contributed by atoms with van der Waals surface area (Å²) in [6, 6.07) is 4.12. The molecular weight excluding hydrogens is 193 g/mol. The molecule has 4 heteroatoms. The first-order chi connectivity index (χ1) is 7.22. The zero-order valence-electron chi connectivity index (χ0n) is 8.78. The van der Waals surface area contributed by atoms with Gasteiger partial charge in [0.25, 0.3) is 0 Å². The Balaban J connectivity index is 1.84. The predicted molar refractivity (Wildman–Crippen MR) is 56.5 cm³/mol. The van der Waals surface area contributed by atoms with Crippen LogP contribution in [0.4, 0.5) is 10.2 Å². The number of halogens is 1. The summed E-state index contributed by atoms with van der Waals surface area (Å²) in [6.07, 6.45) is -0.664. The maximum absolute atomic E-state index is 12.7. The third-order valence-electron chi connectivity index (χ3n) is 3.07. The van der Waals surface area contributed by atoms with Gasteiger partial charge in [-0.2, -0.15) is 0 Å². The Morgan fingerprint density at radius 1 is 1.33 bits per heavy atom. The van der Waals surface area contributed by atoms with E-state index in [0.29, 0.717) is 13.1 Å². The Bertz CT molecular complexity index is 387. The maximum atomic E-state index is 12.7. The highest BCUT2D eigenvalue weighted by atomic mass is 19.1. The first-order valence-electron chi connectivity index (χ1n) is 5.29. The zero-order chi connectivity index (χ0) is 10.4. The highest BCUT2D eigenvalue weighted by molar-refractivity contribution is 5.45. The summed E-state index contributed by atoms with van der Waals surface area (Å²) in [5.41, 5.74) is 2.45. The molecule has 0 saturated carbocycles. The van der Waals surface area contributed by atoms with Crippen LogP contribution in [0.5, 0.6) is 0 Å². The van der Waals surface area contributed by atoms with E-state index in [2.05, 4.69) is 23.0 Å². The molecule has 0 aliphatic carbocycles. The van der Waals surface area contributed by atoms with Crippen molar-refractivity contribution in [1.82, 2.24) is 9.88 Å². The Kier molecular flexibility index (Phi) is 1.92. The molecule has 0 amide bonds. The summed E-state index contributed by atoms with van der Waals surface area (Å²) in [5.74, 6) is 0.929. The van der Waals surface area contributed by atoms with E-state index in [1.165, 1.54) is 5.56 Å². The van der Waals surface area contributed by atoms with Crippen molar-refractivity contribution in [1.29, 1.82) is 0 Å². The van der Waals surface area contributed by atoms with Crippen molar-refractivity contribution >= 4 is 5.82 Å². The lowest BCUT2D eigenvalue weighted by Gasteiger charge is -2.35. The Morgan fingerprint density at radius 3 is 2.87 bits per heavy atom. The van der Waals surface area contributed by atoms with E-state index in [4.69, 9.17) is 0 Å². The van der Waals surface area contributed by atoms with Gasteiger partial charge >= 0.3 is 0 Å². The first kappa shape index (κ1) is 9.09. The predicted octanol–water partition coefficient (Wildman–Crippen LogP) is 1.19. The number of alkyl halides is 1. The van der Waals surface area contributed by atoms with Crippen LogP contribution in [0.1, 0.15) is 11.3 Å². The quantitative estimate of drug-likeness (QED) is 0.689. The molecule has 2 aliphatic heterocycles. The summed E-state index contributed by atoms with van der Waals surface area (Å²) in [4.78, 5) is 8.80. The number of rotatable bonds is 1. The minimum absolute atomic E-state index is 0.502. The van der Waals surface area contributed by atoms with Crippen LogP contribution >= 0.6 is 0 Å². The van der Waals surface area contributed by atoms with Crippen molar-refractivity contribution in [3.8, 4) is 0 Å². The van der Waals surface area contributed by atoms with Gasteiger partial charge in [-0.05, 0) is 18.7 Å². The Labute approximate surface area is 88.5 Å². The van der Waals surface area contributed by atoms with Gasteiger partial charge in [0.05, 0.1) is 18.8 Å². The normalized spacial score (nSPS) is 21.6. The third-order valence-corrected chi connectivity index (χ3v) is 3.07. The van der Waals surface area contributed by atoms with Gasteiger partial charge in [-0.15, -0.1) is 0 Å². The summed E-state index contributed by atoms with van der Waals surface area (Å²) in [5, 5.41) is 0. The average molecular weight is 207 g/mol. The molecule has 0 spiro atoms. The standard InChI is InChI=1S/C11H14FN3/c1-14-4-8-2-3-11(13-10(8)7-14)15-5-9(12)6-15/h2-3,9H,4-7H2,1H3. The molecule has 3 nitrogen and oxygen atoms in total. The number of aromatic nitrogens is 1. The van der Waals surface area contributed by atoms with Gasteiger partial charge < -0.3 is 4.90 Å². The van der Waals surface area contributed by atoms with Crippen LogP contribution in [0, 0.1) is 0 Å². The van der Waals surface area contributed by atoms with Gasteiger partial charge in [0.2, 0.25) is 0 Å². The molecule has 15 heavy (non-hydrogen) atoms. The van der Waals surface area contributed by atoms with Gasteiger partial charge in [-0.25, -0.2) is 9.37 Å². The molecular formula is C11H14FN3. The fraction of sp³-hybridized carbons (Fsp3) is 0.545. The fourth-order valence-corrected chi connectivity index (χ4v) is 2.19. The van der Waals surface area contributed by atoms with E-state index in [9.17, 15) is 4.39 Å². The average Bonchev–Trinajstić information content (AvgIpc) is 2.52. The Morgan fingerprint density at radius 2 is 2.13 bits per heavy atom. The largest absolute Gasteiger partial charge is 0.351 e. The van der Waals surface area contributed by atoms with Crippen molar-refractivity contribution in [2.24, 2.45) is 0 Å². The van der Waals surface area contributed by atoms with Crippen LogP contribution in [0.2, 0.25) is 0 Å². The third kappa shape index (κ3) is 1.49. The minimum Gasteiger partial charge on any atom is -0.351 e. The van der Waals surface area contributed by atoms with Gasteiger partial charge in [0.1, 0.15) is 12.0 Å². The van der Waals surface area contributed by atoms with Crippen LogP contribution in [0.15, 0.2) is 12.1 Å². The van der Waals surface area contributed by atoms with E-state index in [1.807, 2.05) is 11.0 Å². The van der Waals surface area contributed by atoms with Gasteiger partial charge in [-0.1, -0.05) is 6.07 Å². The molecule has 0 N–H and O–H groups in total. The first-order valence-corrected chi connectivity index (χ1v) is 5.29. The fourth-order valence-electron chi connectivity index (χ4n) is 2.19. The number of anilines is 1. The molecule has 1 saturated heterocycles. The number of pyridine rings is 1. The van der Waals surface area contributed by atoms with Crippen LogP contribution < -0.4 is 4.90 Å². The zero-order valence-corrected chi connectivity index (χ0v) is 8.78. The molecule has 0 aromatic carbocycles. The molecule has 1 aromatic rings. The van der Waals surface area contributed by atoms with E-state index in [1.54, 1.807) is 0 Å². The Hall–Kier alpha value is -1.16. The highest BCUT2D eigenvalue weighted by Gasteiger charge is 2.28. The van der Waals surface area contributed by atoms with Gasteiger partial charge in [0, 0.05) is 13.1 Å². The van der Waals surface area contributed by atoms with Crippen molar-refractivity contribution in [3.63, 3.8) is 0 Å². The van der Waals surface area contributed by atoms with Crippen molar-refractivity contribution in [2.45, 2.75) is 19.3 Å². The number of hydrogen-bond acceptors (Lipinski definition) is 3. The molecule has 0 atom stereocenters. The number of hydrogen-bond donors (Lipinski definition) is 0. The molecule has 80 valence electrons. The molecule has 1 fully saturated rings. The lowest BCUT2D eigenvalue weighted by Crippen LogP contribution is -2.48. The second-order valence-electron chi connectivity index (χ2n) is 4.45. The highest BCUT2D eigenvalue weighted by Crippen LogP contribution is 2.25.